The van der Waals surface area contributed by atoms with Gasteiger partial charge in [-0.05, 0) is 67.8 Å². The Morgan fingerprint density at radius 2 is 2.04 bits per heavy atom. The predicted octanol–water partition coefficient (Wildman–Crippen LogP) is 4.11. The fourth-order valence-corrected chi connectivity index (χ4v) is 3.03. The number of rotatable bonds is 6. The molecule has 2 aromatic carbocycles. The Morgan fingerprint density at radius 3 is 2.72 bits per heavy atom. The fraction of sp³-hybridized carbons (Fsp3) is 0.125. The number of carbonyl (C=O) groups excluding carboxylic acids is 1. The van der Waals surface area contributed by atoms with Crippen LogP contribution in [0, 0.1) is 0 Å². The number of amides is 1. The van der Waals surface area contributed by atoms with Gasteiger partial charge >= 0.3 is 0 Å². The minimum atomic E-state index is -0.428. The summed E-state index contributed by atoms with van der Waals surface area (Å²) in [5.74, 6) is 0.349. The average Bonchev–Trinajstić information content (AvgIpc) is 2.57. The molecule has 0 aliphatic heterocycles. The number of nitrogens with zero attached hydrogens (tertiary/aromatic N) is 1. The van der Waals surface area contributed by atoms with E-state index < -0.39 is 5.91 Å². The number of hydrogen-bond donors (Lipinski definition) is 2. The highest BCUT2D eigenvalue weighted by Crippen LogP contribution is 2.34. The highest BCUT2D eigenvalue weighted by atomic mass is 79.9. The number of hydrogen-bond acceptors (Lipinski definition) is 5. The van der Waals surface area contributed by atoms with Crippen molar-refractivity contribution in [1.29, 1.82) is 0 Å². The monoisotopic (exact) mass is 490 g/mol. The van der Waals surface area contributed by atoms with Crippen LogP contribution in [0.15, 0.2) is 44.4 Å². The van der Waals surface area contributed by atoms with Crippen LogP contribution in [-0.4, -0.2) is 30.9 Å². The molecule has 0 unspecified atom stereocenters. The van der Waals surface area contributed by atoms with Crippen LogP contribution in [0.1, 0.15) is 5.56 Å². The van der Waals surface area contributed by atoms with Gasteiger partial charge in [0, 0.05) is 5.02 Å². The predicted molar refractivity (Wildman–Crippen MR) is 103 cm³/mol. The van der Waals surface area contributed by atoms with Gasteiger partial charge in [-0.2, -0.15) is 5.10 Å². The SMILES string of the molecule is COc1cc(C=NNC(=O)COc2ccc(Cl)cc2Br)cc(Br)c1O. The molecule has 2 aromatic rings. The lowest BCUT2D eigenvalue weighted by atomic mass is 10.2. The molecule has 0 fully saturated rings. The molecule has 0 aliphatic carbocycles. The molecule has 0 aromatic heterocycles. The molecule has 1 amide bonds. The number of hydrazone groups is 1. The van der Waals surface area contributed by atoms with Crippen LogP contribution >= 0.6 is 43.5 Å². The highest BCUT2D eigenvalue weighted by molar-refractivity contribution is 9.10. The summed E-state index contributed by atoms with van der Waals surface area (Å²) in [6, 6.07) is 8.20. The number of aromatic hydroxyl groups is 1. The largest absolute Gasteiger partial charge is 0.503 e. The Hall–Kier alpha value is -1.77. The van der Waals surface area contributed by atoms with E-state index in [1.165, 1.54) is 13.3 Å². The topological polar surface area (TPSA) is 80.2 Å². The van der Waals surface area contributed by atoms with E-state index in [-0.39, 0.29) is 18.1 Å². The fourth-order valence-electron chi connectivity index (χ4n) is 1.77. The third-order valence-electron chi connectivity index (χ3n) is 2.93. The molecule has 2 N–H and O–H groups in total. The molecule has 2 rings (SSSR count). The first-order valence-electron chi connectivity index (χ1n) is 6.87. The maximum Gasteiger partial charge on any atom is 0.277 e. The van der Waals surface area contributed by atoms with E-state index in [9.17, 15) is 9.90 Å². The Balaban J connectivity index is 1.91. The van der Waals surface area contributed by atoms with Crippen molar-refractivity contribution >= 4 is 55.6 Å². The molecule has 0 spiro atoms. The van der Waals surface area contributed by atoms with Gasteiger partial charge in [-0.25, -0.2) is 5.43 Å². The number of ether oxygens (including phenoxy) is 2. The second-order valence-electron chi connectivity index (χ2n) is 4.71. The van der Waals surface area contributed by atoms with Crippen LogP contribution in [0.5, 0.6) is 17.2 Å². The van der Waals surface area contributed by atoms with Gasteiger partial charge in [-0.15, -0.1) is 0 Å². The molecular formula is C16H13Br2ClN2O4. The van der Waals surface area contributed by atoms with E-state index in [1.807, 2.05) is 0 Å². The normalized spacial score (nSPS) is 10.7. The molecule has 6 nitrogen and oxygen atoms in total. The van der Waals surface area contributed by atoms with E-state index in [4.69, 9.17) is 21.1 Å². The average molecular weight is 493 g/mol. The van der Waals surface area contributed by atoms with Gasteiger partial charge in [0.05, 0.1) is 22.3 Å². The molecule has 0 heterocycles. The van der Waals surface area contributed by atoms with Crippen LogP contribution in [0.2, 0.25) is 5.02 Å². The summed E-state index contributed by atoms with van der Waals surface area (Å²) in [5.41, 5.74) is 2.98. The van der Waals surface area contributed by atoms with Gasteiger partial charge in [0.15, 0.2) is 18.1 Å². The van der Waals surface area contributed by atoms with Gasteiger partial charge in [-0.1, -0.05) is 11.6 Å². The summed E-state index contributed by atoms with van der Waals surface area (Å²) in [7, 11) is 1.44. The number of phenolic OH excluding ortho intramolecular Hbond substituents is 1. The number of carbonyl (C=O) groups is 1. The number of halogens is 3. The van der Waals surface area contributed by atoms with Gasteiger partial charge in [0.2, 0.25) is 0 Å². The first kappa shape index (κ1) is 19.6. The summed E-state index contributed by atoms with van der Waals surface area (Å²) in [4.78, 5) is 11.8. The highest BCUT2D eigenvalue weighted by Gasteiger charge is 2.08. The Bertz CT molecular complexity index is 815. The van der Waals surface area contributed by atoms with Crippen LogP contribution < -0.4 is 14.9 Å². The van der Waals surface area contributed by atoms with Crippen LogP contribution in [0.3, 0.4) is 0 Å². The smallest absolute Gasteiger partial charge is 0.277 e. The standard InChI is InChI=1S/C16H13Br2ClN2O4/c1-24-14-5-9(4-12(18)16(14)23)7-20-21-15(22)8-25-13-3-2-10(19)6-11(13)17/h2-7,23H,8H2,1H3,(H,21,22). The number of benzene rings is 2. The third-order valence-corrected chi connectivity index (χ3v) is 4.39. The lowest BCUT2D eigenvalue weighted by Crippen LogP contribution is -2.24. The molecule has 0 saturated heterocycles. The van der Waals surface area contributed by atoms with E-state index in [1.54, 1.807) is 30.3 Å². The van der Waals surface area contributed by atoms with Crippen molar-refractivity contribution in [1.82, 2.24) is 5.43 Å². The van der Waals surface area contributed by atoms with E-state index in [2.05, 4.69) is 42.4 Å². The van der Waals surface area contributed by atoms with E-state index >= 15 is 0 Å². The lowest BCUT2D eigenvalue weighted by molar-refractivity contribution is -0.123. The second-order valence-corrected chi connectivity index (χ2v) is 6.86. The van der Waals surface area contributed by atoms with Crippen molar-refractivity contribution in [3.05, 3.63) is 49.9 Å². The zero-order valence-corrected chi connectivity index (χ0v) is 16.9. The minimum Gasteiger partial charge on any atom is -0.503 e. The zero-order valence-electron chi connectivity index (χ0n) is 12.9. The summed E-state index contributed by atoms with van der Waals surface area (Å²) < 4.78 is 11.5. The van der Waals surface area contributed by atoms with Crippen LogP contribution in [0.4, 0.5) is 0 Å². The number of phenols is 1. The molecule has 0 atom stereocenters. The molecular weight excluding hydrogens is 479 g/mol. The summed E-state index contributed by atoms with van der Waals surface area (Å²) in [6.45, 7) is -0.208. The summed E-state index contributed by atoms with van der Waals surface area (Å²) in [6.07, 6.45) is 1.42. The minimum absolute atomic E-state index is 0.00868. The van der Waals surface area contributed by atoms with Crippen molar-refractivity contribution in [2.75, 3.05) is 13.7 Å². The Morgan fingerprint density at radius 1 is 1.28 bits per heavy atom. The van der Waals surface area contributed by atoms with Gasteiger partial charge in [0.1, 0.15) is 5.75 Å². The van der Waals surface area contributed by atoms with Gasteiger partial charge in [-0.3, -0.25) is 4.79 Å². The lowest BCUT2D eigenvalue weighted by Gasteiger charge is -2.07. The number of methoxy groups -OCH3 is 1. The summed E-state index contributed by atoms with van der Waals surface area (Å²) in [5, 5.41) is 14.1. The van der Waals surface area contributed by atoms with Crippen LogP contribution in [-0.2, 0) is 4.79 Å². The molecule has 0 aliphatic rings. The maximum atomic E-state index is 11.8. The third kappa shape index (κ3) is 5.62. The molecule has 0 radical (unpaired) electrons. The van der Waals surface area contributed by atoms with E-state index in [0.717, 1.165) is 0 Å². The second kappa shape index (κ2) is 9.07. The first-order chi connectivity index (χ1) is 11.9. The molecule has 25 heavy (non-hydrogen) atoms. The van der Waals surface area contributed by atoms with Crippen LogP contribution in [0.25, 0.3) is 0 Å². The van der Waals surface area contributed by atoms with Gasteiger partial charge in [0.25, 0.3) is 5.91 Å². The van der Waals surface area contributed by atoms with Crippen molar-refractivity contribution < 1.29 is 19.4 Å². The van der Waals surface area contributed by atoms with E-state index in [0.29, 0.717) is 25.3 Å². The zero-order chi connectivity index (χ0) is 18.4. The molecule has 132 valence electrons. The Labute approximate surface area is 166 Å². The quantitative estimate of drug-likeness (QED) is 0.470. The molecule has 9 heteroatoms. The van der Waals surface area contributed by atoms with Crippen molar-refractivity contribution in [3.8, 4) is 17.2 Å². The van der Waals surface area contributed by atoms with Crippen molar-refractivity contribution in [2.45, 2.75) is 0 Å². The maximum absolute atomic E-state index is 11.8. The summed E-state index contributed by atoms with van der Waals surface area (Å²) >= 11 is 12.3. The first-order valence-corrected chi connectivity index (χ1v) is 8.83. The van der Waals surface area contributed by atoms with Crippen molar-refractivity contribution in [3.63, 3.8) is 0 Å². The Kier molecular flexibility index (Phi) is 7.10. The molecule has 0 bridgehead atoms. The molecule has 0 saturated carbocycles. The van der Waals surface area contributed by atoms with Crippen molar-refractivity contribution in [2.24, 2.45) is 5.10 Å². The van der Waals surface area contributed by atoms with Gasteiger partial charge < -0.3 is 14.6 Å². The number of nitrogens with one attached hydrogen (secondary N) is 1.